The van der Waals surface area contributed by atoms with E-state index >= 15 is 0 Å². The molecule has 97 valence electrons. The van der Waals surface area contributed by atoms with Crippen LogP contribution in [0.25, 0.3) is 0 Å². The van der Waals surface area contributed by atoms with Gasteiger partial charge >= 0.3 is 0 Å². The Morgan fingerprint density at radius 1 is 1.50 bits per heavy atom. The lowest BCUT2D eigenvalue weighted by Crippen LogP contribution is -2.36. The molecule has 2 aliphatic rings. The lowest BCUT2D eigenvalue weighted by Gasteiger charge is -2.32. The fourth-order valence-electron chi connectivity index (χ4n) is 2.61. The minimum atomic E-state index is -1.34. The van der Waals surface area contributed by atoms with E-state index in [1.807, 2.05) is 6.08 Å². The molecular formula is C15H22BFN. The van der Waals surface area contributed by atoms with Gasteiger partial charge in [0.25, 0.3) is 0 Å². The largest absolute Gasteiger partial charge is 0.328 e. The number of alkyl halides is 1. The second kappa shape index (κ2) is 5.44. The Morgan fingerprint density at radius 3 is 2.83 bits per heavy atom. The molecule has 0 bridgehead atoms. The maximum atomic E-state index is 14.2. The van der Waals surface area contributed by atoms with Crippen molar-refractivity contribution in [1.29, 1.82) is 0 Å². The van der Waals surface area contributed by atoms with Gasteiger partial charge in [-0.05, 0) is 37.8 Å². The summed E-state index contributed by atoms with van der Waals surface area (Å²) in [5.74, 6) is 0.527. The molecule has 1 nitrogen and oxygen atoms in total. The van der Waals surface area contributed by atoms with Gasteiger partial charge < -0.3 is 5.73 Å². The predicted molar refractivity (Wildman–Crippen MR) is 76.4 cm³/mol. The van der Waals surface area contributed by atoms with Gasteiger partial charge in [0.15, 0.2) is 7.28 Å². The van der Waals surface area contributed by atoms with Gasteiger partial charge in [0.1, 0.15) is 5.67 Å². The Labute approximate surface area is 110 Å². The molecule has 3 heteroatoms. The van der Waals surface area contributed by atoms with Crippen LogP contribution >= 0.6 is 0 Å². The first-order chi connectivity index (χ1) is 8.48. The van der Waals surface area contributed by atoms with E-state index in [9.17, 15) is 4.39 Å². The van der Waals surface area contributed by atoms with E-state index in [0.717, 1.165) is 31.2 Å². The van der Waals surface area contributed by atoms with E-state index in [0.29, 0.717) is 11.9 Å². The van der Waals surface area contributed by atoms with Crippen molar-refractivity contribution in [2.45, 2.75) is 57.1 Å². The zero-order valence-electron chi connectivity index (χ0n) is 11.3. The molecule has 0 amide bonds. The molecule has 0 aromatic rings. The van der Waals surface area contributed by atoms with Crippen molar-refractivity contribution in [3.8, 4) is 0 Å². The number of hydrogen-bond acceptors (Lipinski definition) is 1. The molecule has 0 aromatic carbocycles. The second-order valence-electron chi connectivity index (χ2n) is 5.76. The summed E-state index contributed by atoms with van der Waals surface area (Å²) in [4.78, 5) is 0. The SMILES string of the molecule is CCCC1=CC([B]C2CC(N)C2)=CC(C)(F)C=C1. The summed E-state index contributed by atoms with van der Waals surface area (Å²) >= 11 is 0. The second-order valence-corrected chi connectivity index (χ2v) is 5.76. The Bertz CT molecular complexity index is 389. The molecule has 1 unspecified atom stereocenters. The number of nitrogens with two attached hydrogens (primary N) is 1. The van der Waals surface area contributed by atoms with Crippen molar-refractivity contribution in [3.05, 3.63) is 35.3 Å². The third-order valence-corrected chi connectivity index (χ3v) is 3.60. The molecule has 2 aliphatic carbocycles. The molecular weight excluding hydrogens is 224 g/mol. The van der Waals surface area contributed by atoms with Gasteiger partial charge in [-0.25, -0.2) is 4.39 Å². The van der Waals surface area contributed by atoms with E-state index in [-0.39, 0.29) is 0 Å². The predicted octanol–water partition coefficient (Wildman–Crippen LogP) is 3.51. The molecule has 0 aliphatic heterocycles. The fourth-order valence-corrected chi connectivity index (χ4v) is 2.61. The van der Waals surface area contributed by atoms with Crippen molar-refractivity contribution >= 4 is 7.28 Å². The van der Waals surface area contributed by atoms with Crippen LogP contribution in [0.4, 0.5) is 4.39 Å². The topological polar surface area (TPSA) is 26.0 Å². The summed E-state index contributed by atoms with van der Waals surface area (Å²) in [7, 11) is 2.18. The van der Waals surface area contributed by atoms with Crippen LogP contribution in [-0.2, 0) is 0 Å². The summed E-state index contributed by atoms with van der Waals surface area (Å²) in [6.07, 6.45) is 11.6. The third-order valence-electron chi connectivity index (χ3n) is 3.60. The van der Waals surface area contributed by atoms with Crippen LogP contribution in [0.1, 0.15) is 39.5 Å². The van der Waals surface area contributed by atoms with E-state index in [4.69, 9.17) is 5.73 Å². The van der Waals surface area contributed by atoms with Crippen LogP contribution in [-0.4, -0.2) is 19.0 Å². The minimum absolute atomic E-state index is 0.339. The van der Waals surface area contributed by atoms with Crippen molar-refractivity contribution in [1.82, 2.24) is 0 Å². The Kier molecular flexibility index (Phi) is 4.11. The molecule has 1 atom stereocenters. The van der Waals surface area contributed by atoms with Crippen molar-refractivity contribution in [2.75, 3.05) is 0 Å². The van der Waals surface area contributed by atoms with Crippen LogP contribution in [0.2, 0.25) is 5.82 Å². The maximum Gasteiger partial charge on any atom is 0.154 e. The average molecular weight is 246 g/mol. The summed E-state index contributed by atoms with van der Waals surface area (Å²) in [5, 5.41) is 0. The lowest BCUT2D eigenvalue weighted by atomic mass is 9.49. The number of rotatable bonds is 4. The fraction of sp³-hybridized carbons (Fsp3) is 0.600. The van der Waals surface area contributed by atoms with Crippen LogP contribution in [0, 0.1) is 0 Å². The van der Waals surface area contributed by atoms with E-state index in [1.54, 1.807) is 19.1 Å². The van der Waals surface area contributed by atoms with Gasteiger partial charge in [-0.3, -0.25) is 0 Å². The van der Waals surface area contributed by atoms with E-state index < -0.39 is 5.67 Å². The van der Waals surface area contributed by atoms with Gasteiger partial charge in [-0.1, -0.05) is 42.9 Å². The van der Waals surface area contributed by atoms with Crippen LogP contribution in [0.15, 0.2) is 35.3 Å². The molecule has 2 N–H and O–H groups in total. The van der Waals surface area contributed by atoms with Gasteiger partial charge in [-0.2, -0.15) is 0 Å². The summed E-state index contributed by atoms with van der Waals surface area (Å²) in [6, 6.07) is 0.339. The van der Waals surface area contributed by atoms with Gasteiger partial charge in [0.05, 0.1) is 0 Å². The van der Waals surface area contributed by atoms with E-state index in [1.165, 1.54) is 5.57 Å². The number of hydrogen-bond donors (Lipinski definition) is 1. The van der Waals surface area contributed by atoms with Crippen LogP contribution < -0.4 is 5.73 Å². The molecule has 1 saturated carbocycles. The van der Waals surface area contributed by atoms with E-state index in [2.05, 4.69) is 20.3 Å². The molecule has 0 spiro atoms. The highest BCUT2D eigenvalue weighted by molar-refractivity contribution is 6.48. The quantitative estimate of drug-likeness (QED) is 0.755. The first-order valence-electron chi connectivity index (χ1n) is 6.90. The first-order valence-corrected chi connectivity index (χ1v) is 6.90. The zero-order chi connectivity index (χ0) is 13.2. The summed E-state index contributed by atoms with van der Waals surface area (Å²) < 4.78 is 14.2. The Balaban J connectivity index is 2.09. The van der Waals surface area contributed by atoms with Gasteiger partial charge in [0, 0.05) is 6.04 Å². The molecule has 2 rings (SSSR count). The number of allylic oxidation sites excluding steroid dienone is 6. The Hall–Kier alpha value is -0.825. The molecule has 0 heterocycles. The highest BCUT2D eigenvalue weighted by Crippen LogP contribution is 2.34. The average Bonchev–Trinajstić information content (AvgIpc) is 2.36. The van der Waals surface area contributed by atoms with Crippen molar-refractivity contribution in [3.63, 3.8) is 0 Å². The molecule has 18 heavy (non-hydrogen) atoms. The summed E-state index contributed by atoms with van der Waals surface area (Å²) in [6.45, 7) is 3.75. The highest BCUT2D eigenvalue weighted by atomic mass is 19.1. The van der Waals surface area contributed by atoms with Crippen LogP contribution in [0.3, 0.4) is 0 Å². The van der Waals surface area contributed by atoms with Crippen LogP contribution in [0.5, 0.6) is 0 Å². The smallest absolute Gasteiger partial charge is 0.154 e. The van der Waals surface area contributed by atoms with Crippen molar-refractivity contribution in [2.24, 2.45) is 5.73 Å². The third kappa shape index (κ3) is 3.58. The van der Waals surface area contributed by atoms with Crippen molar-refractivity contribution < 1.29 is 4.39 Å². The number of halogens is 1. The summed E-state index contributed by atoms with van der Waals surface area (Å²) in [5.41, 5.74) is 6.68. The minimum Gasteiger partial charge on any atom is -0.328 e. The lowest BCUT2D eigenvalue weighted by molar-refractivity contribution is 0.328. The highest BCUT2D eigenvalue weighted by Gasteiger charge is 2.28. The molecule has 0 aromatic heterocycles. The molecule has 0 saturated heterocycles. The zero-order valence-corrected chi connectivity index (χ0v) is 11.3. The normalized spacial score (nSPS) is 35.3. The molecule has 1 radical (unpaired) electrons. The standard InChI is InChI=1S/C15H22BFN/c1-3-4-11-5-6-15(2,17)10-13(7-11)16-12-8-14(18)9-12/h5-7,10,12,14H,3-4,8-9,18H2,1-2H3. The maximum absolute atomic E-state index is 14.2. The van der Waals surface area contributed by atoms with Gasteiger partial charge in [-0.15, -0.1) is 0 Å². The monoisotopic (exact) mass is 246 g/mol. The first kappa shape index (κ1) is 13.6. The Morgan fingerprint density at radius 2 is 2.22 bits per heavy atom. The van der Waals surface area contributed by atoms with Gasteiger partial charge in [0.2, 0.25) is 0 Å². The molecule has 1 fully saturated rings.